The second kappa shape index (κ2) is 3.99. The number of aliphatic hydroxyl groups is 1. The summed E-state index contributed by atoms with van der Waals surface area (Å²) in [6, 6.07) is 0.0341. The first-order valence-corrected chi connectivity index (χ1v) is 4.72. The SMILES string of the molecule is O=C(c1c(F)c(F)cc(F)c1F)N1CC(O)C1. The molecule has 17 heavy (non-hydrogen) atoms. The van der Waals surface area contributed by atoms with Crippen LogP contribution in [0.15, 0.2) is 6.07 Å². The van der Waals surface area contributed by atoms with E-state index in [2.05, 4.69) is 0 Å². The van der Waals surface area contributed by atoms with Gasteiger partial charge in [-0.2, -0.15) is 0 Å². The Morgan fingerprint density at radius 2 is 1.65 bits per heavy atom. The molecule has 2 rings (SSSR count). The quantitative estimate of drug-likeness (QED) is 0.597. The second-order valence-corrected chi connectivity index (χ2v) is 3.71. The van der Waals surface area contributed by atoms with Gasteiger partial charge in [-0.15, -0.1) is 0 Å². The van der Waals surface area contributed by atoms with Crippen LogP contribution >= 0.6 is 0 Å². The van der Waals surface area contributed by atoms with Gasteiger partial charge in [0.1, 0.15) is 5.56 Å². The van der Waals surface area contributed by atoms with Crippen molar-refractivity contribution in [2.45, 2.75) is 6.10 Å². The number of amides is 1. The van der Waals surface area contributed by atoms with E-state index in [1.165, 1.54) is 0 Å². The van der Waals surface area contributed by atoms with Crippen molar-refractivity contribution < 1.29 is 27.5 Å². The van der Waals surface area contributed by atoms with Gasteiger partial charge in [0.25, 0.3) is 5.91 Å². The summed E-state index contributed by atoms with van der Waals surface area (Å²) in [5.41, 5.74) is -1.27. The highest BCUT2D eigenvalue weighted by molar-refractivity contribution is 5.95. The van der Waals surface area contributed by atoms with E-state index in [9.17, 15) is 22.4 Å². The molecule has 0 spiro atoms. The Morgan fingerprint density at radius 1 is 1.18 bits per heavy atom. The van der Waals surface area contributed by atoms with Gasteiger partial charge in [0.15, 0.2) is 23.3 Å². The van der Waals surface area contributed by atoms with Crippen molar-refractivity contribution in [2.75, 3.05) is 13.1 Å². The molecule has 1 N–H and O–H groups in total. The van der Waals surface area contributed by atoms with Gasteiger partial charge in [-0.3, -0.25) is 4.79 Å². The molecule has 1 aliphatic heterocycles. The Balaban J connectivity index is 2.41. The van der Waals surface area contributed by atoms with Crippen molar-refractivity contribution in [3.05, 3.63) is 34.9 Å². The van der Waals surface area contributed by atoms with Crippen LogP contribution in [0.5, 0.6) is 0 Å². The largest absolute Gasteiger partial charge is 0.389 e. The number of halogens is 4. The normalized spacial score (nSPS) is 15.9. The molecule has 1 heterocycles. The lowest BCUT2D eigenvalue weighted by Crippen LogP contribution is -2.53. The smallest absolute Gasteiger partial charge is 0.260 e. The molecule has 1 fully saturated rings. The van der Waals surface area contributed by atoms with E-state index in [1.807, 2.05) is 0 Å². The monoisotopic (exact) mass is 249 g/mol. The molecule has 0 aromatic heterocycles. The highest BCUT2D eigenvalue weighted by atomic mass is 19.2. The summed E-state index contributed by atoms with van der Waals surface area (Å²) in [6.45, 7) is -0.230. The summed E-state index contributed by atoms with van der Waals surface area (Å²) in [5, 5.41) is 8.93. The predicted octanol–water partition coefficient (Wildman–Crippen LogP) is 1.06. The zero-order chi connectivity index (χ0) is 12.7. The maximum Gasteiger partial charge on any atom is 0.260 e. The Hall–Kier alpha value is -1.63. The number of nitrogens with zero attached hydrogens (tertiary/aromatic N) is 1. The number of aliphatic hydroxyl groups excluding tert-OH is 1. The molecule has 0 bridgehead atoms. The lowest BCUT2D eigenvalue weighted by atomic mass is 10.1. The fourth-order valence-corrected chi connectivity index (χ4v) is 1.54. The molecule has 0 radical (unpaired) electrons. The highest BCUT2D eigenvalue weighted by Gasteiger charge is 2.34. The van der Waals surface area contributed by atoms with Crippen molar-refractivity contribution in [1.29, 1.82) is 0 Å². The number of benzene rings is 1. The van der Waals surface area contributed by atoms with Crippen LogP contribution in [0.1, 0.15) is 10.4 Å². The van der Waals surface area contributed by atoms with Crippen molar-refractivity contribution in [3.8, 4) is 0 Å². The zero-order valence-corrected chi connectivity index (χ0v) is 8.38. The molecule has 7 heteroatoms. The summed E-state index contributed by atoms with van der Waals surface area (Å²) in [4.78, 5) is 12.4. The number of β-amino-alcohol motifs (C(OH)–C–C–N with tert-alkyl or cyclic N) is 1. The van der Waals surface area contributed by atoms with E-state index in [-0.39, 0.29) is 19.2 Å². The Morgan fingerprint density at radius 3 is 2.06 bits per heavy atom. The van der Waals surface area contributed by atoms with Gasteiger partial charge in [-0.05, 0) is 0 Å². The van der Waals surface area contributed by atoms with Crippen LogP contribution in [0.3, 0.4) is 0 Å². The molecule has 3 nitrogen and oxygen atoms in total. The molecule has 1 saturated heterocycles. The fourth-order valence-electron chi connectivity index (χ4n) is 1.54. The maximum atomic E-state index is 13.2. The minimum Gasteiger partial charge on any atom is -0.389 e. The average Bonchev–Trinajstić information content (AvgIpc) is 2.22. The average molecular weight is 249 g/mol. The lowest BCUT2D eigenvalue weighted by molar-refractivity contribution is 0.00513. The summed E-state index contributed by atoms with van der Waals surface area (Å²) in [6.07, 6.45) is -0.775. The van der Waals surface area contributed by atoms with Crippen molar-refractivity contribution in [3.63, 3.8) is 0 Å². The third-order valence-corrected chi connectivity index (χ3v) is 2.48. The van der Waals surface area contributed by atoms with Crippen LogP contribution in [0.25, 0.3) is 0 Å². The van der Waals surface area contributed by atoms with Crippen LogP contribution in [-0.4, -0.2) is 35.1 Å². The molecule has 0 unspecified atom stereocenters. The van der Waals surface area contributed by atoms with Gasteiger partial charge >= 0.3 is 0 Å². The van der Waals surface area contributed by atoms with Crippen molar-refractivity contribution in [2.24, 2.45) is 0 Å². The summed E-state index contributed by atoms with van der Waals surface area (Å²) < 4.78 is 52.1. The van der Waals surface area contributed by atoms with E-state index in [0.29, 0.717) is 0 Å². The number of carbonyl (C=O) groups excluding carboxylic acids is 1. The number of likely N-dealkylation sites (tertiary alicyclic amines) is 1. The van der Waals surface area contributed by atoms with E-state index in [0.717, 1.165) is 4.90 Å². The lowest BCUT2D eigenvalue weighted by Gasteiger charge is -2.35. The van der Waals surface area contributed by atoms with Gasteiger partial charge in [0.05, 0.1) is 6.10 Å². The van der Waals surface area contributed by atoms with Crippen molar-refractivity contribution in [1.82, 2.24) is 4.90 Å². The fraction of sp³-hybridized carbons (Fsp3) is 0.300. The van der Waals surface area contributed by atoms with Crippen LogP contribution in [-0.2, 0) is 0 Å². The number of carbonyl (C=O) groups is 1. The first-order valence-electron chi connectivity index (χ1n) is 4.72. The van der Waals surface area contributed by atoms with E-state index < -0.39 is 40.8 Å². The van der Waals surface area contributed by atoms with Gasteiger partial charge in [0, 0.05) is 19.2 Å². The van der Waals surface area contributed by atoms with Gasteiger partial charge in [-0.25, -0.2) is 17.6 Å². The summed E-state index contributed by atoms with van der Waals surface area (Å²) >= 11 is 0. The molecule has 1 aliphatic rings. The minimum absolute atomic E-state index is 0.0341. The van der Waals surface area contributed by atoms with Gasteiger partial charge in [0.2, 0.25) is 0 Å². The first kappa shape index (κ1) is 11.8. The Bertz CT molecular complexity index is 459. The molecule has 1 aromatic carbocycles. The molecule has 1 amide bonds. The number of hydrogen-bond acceptors (Lipinski definition) is 2. The molecule has 0 aliphatic carbocycles. The minimum atomic E-state index is -1.73. The molecule has 92 valence electrons. The second-order valence-electron chi connectivity index (χ2n) is 3.71. The predicted molar refractivity (Wildman–Crippen MR) is 48.2 cm³/mol. The standard InChI is InChI=1S/C10H7F4NO2/c11-5-1-6(12)9(14)7(8(5)13)10(17)15-2-4(16)3-15/h1,4,16H,2-3H2. The van der Waals surface area contributed by atoms with Gasteiger partial charge < -0.3 is 10.0 Å². The van der Waals surface area contributed by atoms with Crippen LogP contribution in [0.4, 0.5) is 17.6 Å². The van der Waals surface area contributed by atoms with E-state index >= 15 is 0 Å². The molecular weight excluding hydrogens is 242 g/mol. The van der Waals surface area contributed by atoms with Crippen LogP contribution in [0.2, 0.25) is 0 Å². The van der Waals surface area contributed by atoms with Crippen LogP contribution in [0, 0.1) is 23.3 Å². The molecular formula is C10H7F4NO2. The van der Waals surface area contributed by atoms with E-state index in [1.54, 1.807) is 0 Å². The summed E-state index contributed by atoms with van der Waals surface area (Å²) in [7, 11) is 0. The Kier molecular flexibility index (Phi) is 2.78. The Labute approximate surface area is 93.3 Å². The molecule has 1 aromatic rings. The zero-order valence-electron chi connectivity index (χ0n) is 8.38. The molecule has 0 atom stereocenters. The van der Waals surface area contributed by atoms with E-state index in [4.69, 9.17) is 5.11 Å². The van der Waals surface area contributed by atoms with Gasteiger partial charge in [-0.1, -0.05) is 0 Å². The first-order chi connectivity index (χ1) is 7.91. The third-order valence-electron chi connectivity index (χ3n) is 2.48. The van der Waals surface area contributed by atoms with Crippen LogP contribution < -0.4 is 0 Å². The number of rotatable bonds is 1. The molecule has 0 saturated carbocycles. The number of hydrogen-bond donors (Lipinski definition) is 1. The summed E-state index contributed by atoms with van der Waals surface area (Å²) in [5.74, 6) is -7.89. The topological polar surface area (TPSA) is 40.5 Å². The highest BCUT2D eigenvalue weighted by Crippen LogP contribution is 2.22. The van der Waals surface area contributed by atoms with Crippen molar-refractivity contribution >= 4 is 5.91 Å². The third kappa shape index (κ3) is 1.86. The maximum absolute atomic E-state index is 13.2.